The minimum absolute atomic E-state index is 0.248. The van der Waals surface area contributed by atoms with Crippen molar-refractivity contribution in [1.82, 2.24) is 10.2 Å². The number of carbonyl (C=O) groups is 3. The largest absolute Gasteiger partial charge is 0.480 e. The van der Waals surface area contributed by atoms with Gasteiger partial charge in [-0.3, -0.25) is 4.79 Å². The zero-order valence-electron chi connectivity index (χ0n) is 11.5. The van der Waals surface area contributed by atoms with E-state index in [4.69, 9.17) is 10.8 Å². The lowest BCUT2D eigenvalue weighted by Gasteiger charge is -2.29. The van der Waals surface area contributed by atoms with Crippen molar-refractivity contribution in [3.8, 4) is 0 Å². The van der Waals surface area contributed by atoms with Gasteiger partial charge in [0.05, 0.1) is 5.92 Å². The molecule has 1 aliphatic rings. The summed E-state index contributed by atoms with van der Waals surface area (Å²) >= 11 is 0. The lowest BCUT2D eigenvalue weighted by Crippen LogP contribution is -2.53. The standard InChI is InChI=1S/C12H21N3O4/c1-12(2,3)8(10(17)18)14-11(19)15-5-4-7(6-15)9(13)16/h7-8H,4-6H2,1-3H3,(H2,13,16)(H,14,19)(H,17,18)/t7?,8-/m0/s1. The van der Waals surface area contributed by atoms with Crippen molar-refractivity contribution in [3.05, 3.63) is 0 Å². The zero-order valence-corrected chi connectivity index (χ0v) is 11.5. The molecule has 0 aliphatic carbocycles. The first kappa shape index (κ1) is 15.3. The van der Waals surface area contributed by atoms with Crippen LogP contribution in [0.3, 0.4) is 0 Å². The highest BCUT2D eigenvalue weighted by Crippen LogP contribution is 2.21. The van der Waals surface area contributed by atoms with Gasteiger partial charge >= 0.3 is 12.0 Å². The molecule has 0 aromatic rings. The molecule has 1 fully saturated rings. The summed E-state index contributed by atoms with van der Waals surface area (Å²) in [6, 6.07) is -1.45. The van der Waals surface area contributed by atoms with Crippen LogP contribution in [0.2, 0.25) is 0 Å². The number of aliphatic carboxylic acids is 1. The molecule has 7 heteroatoms. The number of nitrogens with one attached hydrogen (secondary N) is 1. The summed E-state index contributed by atoms with van der Waals surface area (Å²) in [5, 5.41) is 11.6. The molecule has 108 valence electrons. The number of nitrogens with two attached hydrogens (primary N) is 1. The summed E-state index contributed by atoms with van der Waals surface area (Å²) in [7, 11) is 0. The van der Waals surface area contributed by atoms with Crippen molar-refractivity contribution in [2.75, 3.05) is 13.1 Å². The van der Waals surface area contributed by atoms with Crippen LogP contribution in [0, 0.1) is 11.3 Å². The third-order valence-electron chi connectivity index (χ3n) is 3.26. The van der Waals surface area contributed by atoms with Crippen molar-refractivity contribution < 1.29 is 19.5 Å². The third-order valence-corrected chi connectivity index (χ3v) is 3.26. The highest BCUT2D eigenvalue weighted by Gasteiger charge is 2.36. The van der Waals surface area contributed by atoms with Crippen LogP contribution < -0.4 is 11.1 Å². The van der Waals surface area contributed by atoms with Gasteiger partial charge in [-0.15, -0.1) is 0 Å². The molecule has 7 nitrogen and oxygen atoms in total. The first-order valence-electron chi connectivity index (χ1n) is 6.20. The van der Waals surface area contributed by atoms with Crippen LogP contribution in [-0.4, -0.2) is 47.0 Å². The van der Waals surface area contributed by atoms with Gasteiger partial charge in [-0.2, -0.15) is 0 Å². The number of rotatable bonds is 3. The smallest absolute Gasteiger partial charge is 0.326 e. The molecule has 1 unspecified atom stereocenters. The molecular weight excluding hydrogens is 250 g/mol. The van der Waals surface area contributed by atoms with Crippen LogP contribution in [0.15, 0.2) is 0 Å². The van der Waals surface area contributed by atoms with E-state index in [1.165, 1.54) is 4.90 Å². The van der Waals surface area contributed by atoms with Crippen LogP contribution >= 0.6 is 0 Å². The Labute approximate surface area is 112 Å². The van der Waals surface area contributed by atoms with Gasteiger partial charge in [-0.25, -0.2) is 9.59 Å². The average molecular weight is 271 g/mol. The fraction of sp³-hybridized carbons (Fsp3) is 0.750. The number of likely N-dealkylation sites (tertiary alicyclic amines) is 1. The van der Waals surface area contributed by atoms with E-state index in [0.29, 0.717) is 13.0 Å². The minimum atomic E-state index is -1.08. The maximum Gasteiger partial charge on any atom is 0.326 e. The van der Waals surface area contributed by atoms with Gasteiger partial charge < -0.3 is 21.1 Å². The lowest BCUT2D eigenvalue weighted by molar-refractivity contribution is -0.142. The SMILES string of the molecule is CC(C)(C)[C@@H](NC(=O)N1CCC(C(N)=O)C1)C(=O)O. The van der Waals surface area contributed by atoms with Crippen LogP contribution in [0.4, 0.5) is 4.79 Å². The number of carbonyl (C=O) groups excluding carboxylic acids is 2. The second kappa shape index (κ2) is 5.46. The molecule has 0 spiro atoms. The number of primary amides is 1. The molecule has 1 rings (SSSR count). The van der Waals surface area contributed by atoms with Gasteiger partial charge in [0.2, 0.25) is 5.91 Å². The van der Waals surface area contributed by atoms with Crippen molar-refractivity contribution >= 4 is 17.9 Å². The van der Waals surface area contributed by atoms with Gasteiger partial charge in [0.15, 0.2) is 0 Å². The normalized spacial score (nSPS) is 21.0. The second-order valence-electron chi connectivity index (χ2n) is 5.92. The van der Waals surface area contributed by atoms with Gasteiger partial charge in [0, 0.05) is 13.1 Å². The quantitative estimate of drug-likeness (QED) is 0.670. The van der Waals surface area contributed by atoms with Crippen LogP contribution in [-0.2, 0) is 9.59 Å². The molecule has 0 radical (unpaired) electrons. The van der Waals surface area contributed by atoms with E-state index >= 15 is 0 Å². The summed E-state index contributed by atoms with van der Waals surface area (Å²) in [6.07, 6.45) is 0.524. The van der Waals surface area contributed by atoms with E-state index < -0.39 is 29.4 Å². The summed E-state index contributed by atoms with van der Waals surface area (Å²) in [5.74, 6) is -1.85. The Morgan fingerprint density at radius 1 is 1.37 bits per heavy atom. The minimum Gasteiger partial charge on any atom is -0.480 e. The van der Waals surface area contributed by atoms with Gasteiger partial charge in [0.25, 0.3) is 0 Å². The molecule has 0 aromatic heterocycles. The number of carboxylic acid groups (broad SMARTS) is 1. The Bertz CT molecular complexity index is 389. The van der Waals surface area contributed by atoms with E-state index in [-0.39, 0.29) is 12.5 Å². The fourth-order valence-corrected chi connectivity index (χ4v) is 2.04. The molecule has 3 amide bonds. The Kier molecular flexibility index (Phi) is 4.39. The maximum absolute atomic E-state index is 12.0. The summed E-state index contributed by atoms with van der Waals surface area (Å²) < 4.78 is 0. The number of hydrogen-bond acceptors (Lipinski definition) is 3. The van der Waals surface area contributed by atoms with Crippen molar-refractivity contribution in [2.45, 2.75) is 33.2 Å². The lowest BCUT2D eigenvalue weighted by atomic mass is 9.87. The number of hydrogen-bond donors (Lipinski definition) is 3. The van der Waals surface area contributed by atoms with Crippen LogP contribution in [0.1, 0.15) is 27.2 Å². The molecule has 0 aromatic carbocycles. The van der Waals surface area contributed by atoms with E-state index in [1.54, 1.807) is 20.8 Å². The molecule has 2 atom stereocenters. The summed E-state index contributed by atoms with van der Waals surface area (Å²) in [6.45, 7) is 5.88. The van der Waals surface area contributed by atoms with E-state index in [2.05, 4.69) is 5.32 Å². The van der Waals surface area contributed by atoms with E-state index in [0.717, 1.165) is 0 Å². The predicted molar refractivity (Wildman–Crippen MR) is 68.3 cm³/mol. The first-order valence-corrected chi connectivity index (χ1v) is 6.20. The number of carboxylic acids is 1. The Hall–Kier alpha value is -1.79. The number of amides is 3. The predicted octanol–water partition coefficient (Wildman–Crippen LogP) is 0.00250. The Morgan fingerprint density at radius 3 is 2.32 bits per heavy atom. The van der Waals surface area contributed by atoms with E-state index in [1.807, 2.05) is 0 Å². The topological polar surface area (TPSA) is 113 Å². The maximum atomic E-state index is 12.0. The van der Waals surface area contributed by atoms with Gasteiger partial charge in [-0.05, 0) is 11.8 Å². The van der Waals surface area contributed by atoms with Gasteiger partial charge in [0.1, 0.15) is 6.04 Å². The highest BCUT2D eigenvalue weighted by atomic mass is 16.4. The monoisotopic (exact) mass is 271 g/mol. The van der Waals surface area contributed by atoms with Crippen LogP contribution in [0.25, 0.3) is 0 Å². The highest BCUT2D eigenvalue weighted by molar-refractivity contribution is 5.84. The average Bonchev–Trinajstić information content (AvgIpc) is 2.72. The molecule has 1 heterocycles. The van der Waals surface area contributed by atoms with Crippen molar-refractivity contribution in [2.24, 2.45) is 17.1 Å². The molecule has 1 aliphatic heterocycles. The third kappa shape index (κ3) is 3.84. The zero-order chi connectivity index (χ0) is 14.8. The number of nitrogens with zero attached hydrogens (tertiary/aromatic N) is 1. The molecular formula is C12H21N3O4. The summed E-state index contributed by atoms with van der Waals surface area (Å²) in [5.41, 5.74) is 4.59. The van der Waals surface area contributed by atoms with E-state index in [9.17, 15) is 14.4 Å². The Balaban J connectivity index is 2.64. The molecule has 0 saturated carbocycles. The fourth-order valence-electron chi connectivity index (χ4n) is 2.04. The van der Waals surface area contributed by atoms with Gasteiger partial charge in [-0.1, -0.05) is 20.8 Å². The first-order chi connectivity index (χ1) is 8.62. The van der Waals surface area contributed by atoms with Crippen molar-refractivity contribution in [1.29, 1.82) is 0 Å². The number of urea groups is 1. The molecule has 4 N–H and O–H groups in total. The van der Waals surface area contributed by atoms with Crippen LogP contribution in [0.5, 0.6) is 0 Å². The molecule has 19 heavy (non-hydrogen) atoms. The molecule has 1 saturated heterocycles. The Morgan fingerprint density at radius 2 is 1.95 bits per heavy atom. The van der Waals surface area contributed by atoms with Crippen molar-refractivity contribution in [3.63, 3.8) is 0 Å². The second-order valence-corrected chi connectivity index (χ2v) is 5.92. The molecule has 0 bridgehead atoms. The summed E-state index contributed by atoms with van der Waals surface area (Å²) in [4.78, 5) is 35.6.